The molecule has 2 amide bonds. The van der Waals surface area contributed by atoms with Crippen molar-refractivity contribution in [2.45, 2.75) is 27.7 Å². The minimum absolute atomic E-state index is 0.0572. The van der Waals surface area contributed by atoms with E-state index >= 15 is 0 Å². The first-order valence-electron chi connectivity index (χ1n) is 8.29. The third-order valence-electron chi connectivity index (χ3n) is 3.94. The maximum absolute atomic E-state index is 12.4. The van der Waals surface area contributed by atoms with Crippen LogP contribution in [0.2, 0.25) is 0 Å². The SMILES string of the molecule is CCOc1ccccc1NC(=O)CN(C(C)=O)c1ccc(C)c(C)c1. The highest BCUT2D eigenvalue weighted by molar-refractivity contribution is 6.02. The fourth-order valence-corrected chi connectivity index (χ4v) is 2.46. The summed E-state index contributed by atoms with van der Waals surface area (Å²) in [5, 5.41) is 2.82. The number of para-hydroxylation sites is 2. The molecule has 2 aromatic rings. The molecule has 25 heavy (non-hydrogen) atoms. The lowest BCUT2D eigenvalue weighted by Crippen LogP contribution is -2.36. The van der Waals surface area contributed by atoms with Gasteiger partial charge in [-0.15, -0.1) is 0 Å². The van der Waals surface area contributed by atoms with Crippen LogP contribution < -0.4 is 15.0 Å². The normalized spacial score (nSPS) is 10.2. The number of aryl methyl sites for hydroxylation is 2. The second-order valence-electron chi connectivity index (χ2n) is 5.85. The maximum Gasteiger partial charge on any atom is 0.244 e. The van der Waals surface area contributed by atoms with Crippen LogP contribution in [0.5, 0.6) is 5.75 Å². The van der Waals surface area contributed by atoms with Gasteiger partial charge in [0.2, 0.25) is 11.8 Å². The molecule has 0 atom stereocenters. The Labute approximate surface area is 148 Å². The van der Waals surface area contributed by atoms with Crippen LogP contribution in [0.4, 0.5) is 11.4 Å². The van der Waals surface area contributed by atoms with Gasteiger partial charge in [-0.05, 0) is 56.2 Å². The molecule has 0 bridgehead atoms. The van der Waals surface area contributed by atoms with Gasteiger partial charge in [0, 0.05) is 12.6 Å². The molecule has 5 nitrogen and oxygen atoms in total. The number of hydrogen-bond acceptors (Lipinski definition) is 3. The number of carbonyl (C=O) groups is 2. The van der Waals surface area contributed by atoms with Crippen LogP contribution >= 0.6 is 0 Å². The van der Waals surface area contributed by atoms with E-state index in [4.69, 9.17) is 4.74 Å². The monoisotopic (exact) mass is 340 g/mol. The standard InChI is InChI=1S/C20H24N2O3/c1-5-25-19-9-7-6-8-18(19)21-20(24)13-22(16(4)23)17-11-10-14(2)15(3)12-17/h6-12H,5,13H2,1-4H3,(H,21,24). The van der Waals surface area contributed by atoms with E-state index in [0.717, 1.165) is 11.1 Å². The Morgan fingerprint density at radius 1 is 1.08 bits per heavy atom. The van der Waals surface area contributed by atoms with Gasteiger partial charge in [-0.25, -0.2) is 0 Å². The summed E-state index contributed by atoms with van der Waals surface area (Å²) in [6.07, 6.45) is 0. The van der Waals surface area contributed by atoms with E-state index in [0.29, 0.717) is 23.7 Å². The third kappa shape index (κ3) is 4.83. The highest BCUT2D eigenvalue weighted by Crippen LogP contribution is 2.24. The summed E-state index contributed by atoms with van der Waals surface area (Å²) >= 11 is 0. The van der Waals surface area contributed by atoms with Gasteiger partial charge in [0.15, 0.2) is 0 Å². The molecule has 0 saturated carbocycles. The van der Waals surface area contributed by atoms with Gasteiger partial charge in [-0.2, -0.15) is 0 Å². The highest BCUT2D eigenvalue weighted by atomic mass is 16.5. The zero-order valence-corrected chi connectivity index (χ0v) is 15.1. The van der Waals surface area contributed by atoms with E-state index in [2.05, 4.69) is 5.32 Å². The summed E-state index contributed by atoms with van der Waals surface area (Å²) in [5.74, 6) is 0.149. The third-order valence-corrected chi connectivity index (χ3v) is 3.94. The molecule has 2 aromatic carbocycles. The molecule has 132 valence electrons. The molecule has 0 spiro atoms. The molecule has 0 radical (unpaired) electrons. The van der Waals surface area contributed by atoms with Gasteiger partial charge in [-0.1, -0.05) is 18.2 Å². The molecule has 0 aliphatic heterocycles. The molecule has 2 rings (SSSR count). The Morgan fingerprint density at radius 2 is 1.80 bits per heavy atom. The Kier molecular flexibility index (Phi) is 6.17. The topological polar surface area (TPSA) is 58.6 Å². The van der Waals surface area contributed by atoms with Crippen molar-refractivity contribution in [2.75, 3.05) is 23.4 Å². The molecule has 0 saturated heterocycles. The first-order valence-corrected chi connectivity index (χ1v) is 8.29. The average molecular weight is 340 g/mol. The minimum Gasteiger partial charge on any atom is -0.492 e. The highest BCUT2D eigenvalue weighted by Gasteiger charge is 2.17. The number of amides is 2. The number of carbonyl (C=O) groups excluding carboxylic acids is 2. The fourth-order valence-electron chi connectivity index (χ4n) is 2.46. The summed E-state index contributed by atoms with van der Waals surface area (Å²) in [4.78, 5) is 25.9. The van der Waals surface area contributed by atoms with Crippen molar-refractivity contribution in [1.82, 2.24) is 0 Å². The number of ether oxygens (including phenoxy) is 1. The summed E-state index contributed by atoms with van der Waals surface area (Å²) in [7, 11) is 0. The van der Waals surface area contributed by atoms with Crippen LogP contribution in [0, 0.1) is 13.8 Å². The molecule has 1 N–H and O–H groups in total. The predicted molar refractivity (Wildman–Crippen MR) is 100 cm³/mol. The van der Waals surface area contributed by atoms with Gasteiger partial charge in [0.25, 0.3) is 0 Å². The first-order chi connectivity index (χ1) is 11.9. The number of benzene rings is 2. The molecule has 0 aliphatic rings. The van der Waals surface area contributed by atoms with Crippen molar-refractivity contribution in [1.29, 1.82) is 0 Å². The van der Waals surface area contributed by atoms with Crippen molar-refractivity contribution in [3.63, 3.8) is 0 Å². The van der Waals surface area contributed by atoms with E-state index in [1.807, 2.05) is 51.1 Å². The quantitative estimate of drug-likeness (QED) is 0.872. The summed E-state index contributed by atoms with van der Waals surface area (Å²) in [6, 6.07) is 13.0. The van der Waals surface area contributed by atoms with Gasteiger partial charge in [0.05, 0.1) is 12.3 Å². The van der Waals surface area contributed by atoms with Crippen molar-refractivity contribution >= 4 is 23.2 Å². The maximum atomic E-state index is 12.4. The van der Waals surface area contributed by atoms with Gasteiger partial charge in [0.1, 0.15) is 12.3 Å². The Morgan fingerprint density at radius 3 is 2.44 bits per heavy atom. The van der Waals surface area contributed by atoms with Gasteiger partial charge < -0.3 is 15.0 Å². The molecule has 5 heteroatoms. The molecular formula is C20H24N2O3. The lowest BCUT2D eigenvalue weighted by molar-refractivity contribution is -0.120. The van der Waals surface area contributed by atoms with Crippen molar-refractivity contribution in [3.05, 3.63) is 53.6 Å². The summed E-state index contributed by atoms with van der Waals surface area (Å²) < 4.78 is 5.51. The largest absolute Gasteiger partial charge is 0.492 e. The second-order valence-corrected chi connectivity index (χ2v) is 5.85. The number of rotatable bonds is 6. The van der Waals surface area contributed by atoms with Crippen LogP contribution in [-0.2, 0) is 9.59 Å². The van der Waals surface area contributed by atoms with Crippen molar-refractivity contribution in [3.8, 4) is 5.75 Å². The average Bonchev–Trinajstić information content (AvgIpc) is 2.57. The van der Waals surface area contributed by atoms with Gasteiger partial charge in [-0.3, -0.25) is 9.59 Å². The second kappa shape index (κ2) is 8.33. The van der Waals surface area contributed by atoms with E-state index < -0.39 is 0 Å². The Hall–Kier alpha value is -2.82. The predicted octanol–water partition coefficient (Wildman–Crippen LogP) is 3.69. The smallest absolute Gasteiger partial charge is 0.244 e. The number of nitrogens with one attached hydrogen (secondary N) is 1. The number of nitrogens with zero attached hydrogens (tertiary/aromatic N) is 1. The lowest BCUT2D eigenvalue weighted by Gasteiger charge is -2.22. The Balaban J connectivity index is 2.16. The summed E-state index contributed by atoms with van der Waals surface area (Å²) in [5.41, 5.74) is 3.52. The molecule has 0 fully saturated rings. The lowest BCUT2D eigenvalue weighted by atomic mass is 10.1. The van der Waals surface area contributed by atoms with Crippen LogP contribution in [0.3, 0.4) is 0 Å². The molecule has 0 unspecified atom stereocenters. The van der Waals surface area contributed by atoms with Crippen molar-refractivity contribution < 1.29 is 14.3 Å². The number of hydrogen-bond donors (Lipinski definition) is 1. The first kappa shape index (κ1) is 18.5. The van der Waals surface area contributed by atoms with E-state index in [9.17, 15) is 9.59 Å². The van der Waals surface area contributed by atoms with E-state index in [1.165, 1.54) is 11.8 Å². The zero-order chi connectivity index (χ0) is 18.4. The fraction of sp³-hybridized carbons (Fsp3) is 0.300. The minimum atomic E-state index is -0.277. The van der Waals surface area contributed by atoms with E-state index in [1.54, 1.807) is 12.1 Å². The number of anilines is 2. The zero-order valence-electron chi connectivity index (χ0n) is 15.1. The van der Waals surface area contributed by atoms with Crippen LogP contribution in [0.25, 0.3) is 0 Å². The van der Waals surface area contributed by atoms with Crippen LogP contribution in [0.15, 0.2) is 42.5 Å². The van der Waals surface area contributed by atoms with E-state index in [-0.39, 0.29) is 18.4 Å². The molecule has 0 aliphatic carbocycles. The molecule has 0 aromatic heterocycles. The van der Waals surface area contributed by atoms with Gasteiger partial charge >= 0.3 is 0 Å². The molecule has 0 heterocycles. The Bertz CT molecular complexity index is 771. The van der Waals surface area contributed by atoms with Crippen molar-refractivity contribution in [2.24, 2.45) is 0 Å². The van der Waals surface area contributed by atoms with Crippen LogP contribution in [-0.4, -0.2) is 25.0 Å². The van der Waals surface area contributed by atoms with Crippen LogP contribution in [0.1, 0.15) is 25.0 Å². The molecular weight excluding hydrogens is 316 g/mol. The summed E-state index contributed by atoms with van der Waals surface area (Å²) in [6.45, 7) is 7.78.